The lowest BCUT2D eigenvalue weighted by Gasteiger charge is -2.17. The fraction of sp³-hybridized carbons (Fsp3) is 0.529. The van der Waals surface area contributed by atoms with E-state index < -0.39 is 0 Å². The van der Waals surface area contributed by atoms with E-state index in [9.17, 15) is 9.59 Å². The van der Waals surface area contributed by atoms with Crippen LogP contribution in [0.25, 0.3) is 0 Å². The van der Waals surface area contributed by atoms with Crippen molar-refractivity contribution in [3.8, 4) is 0 Å². The van der Waals surface area contributed by atoms with Gasteiger partial charge < -0.3 is 5.73 Å². The zero-order valence-corrected chi connectivity index (χ0v) is 12.4. The van der Waals surface area contributed by atoms with Crippen molar-refractivity contribution in [2.24, 2.45) is 23.5 Å². The van der Waals surface area contributed by atoms with E-state index in [0.29, 0.717) is 19.0 Å². The van der Waals surface area contributed by atoms with Crippen molar-refractivity contribution in [1.29, 1.82) is 0 Å². The molecule has 2 fully saturated rings. The maximum Gasteiger partial charge on any atom is 0.233 e. The first kappa shape index (κ1) is 14.3. The van der Waals surface area contributed by atoms with E-state index in [2.05, 4.69) is 6.92 Å². The summed E-state index contributed by atoms with van der Waals surface area (Å²) in [5.41, 5.74) is 7.72. The van der Waals surface area contributed by atoms with Gasteiger partial charge in [-0.1, -0.05) is 31.2 Å². The highest BCUT2D eigenvalue weighted by molar-refractivity contribution is 6.05. The molecule has 2 atom stereocenters. The van der Waals surface area contributed by atoms with Gasteiger partial charge >= 0.3 is 0 Å². The van der Waals surface area contributed by atoms with Crippen LogP contribution < -0.4 is 5.73 Å². The normalized spacial score (nSPS) is 28.3. The number of hydrogen-bond acceptors (Lipinski definition) is 3. The van der Waals surface area contributed by atoms with Crippen LogP contribution >= 0.6 is 0 Å². The van der Waals surface area contributed by atoms with Gasteiger partial charge in [0.1, 0.15) is 0 Å². The number of carbonyl (C=O) groups excluding carboxylic acids is 2. The molecule has 3 rings (SSSR count). The Labute approximate surface area is 125 Å². The topological polar surface area (TPSA) is 63.4 Å². The standard InChI is InChI=1S/C17H22N2O2/c1-11-8-14-15(9-11)17(21)19(16(14)20)10-13-4-2-12(3-5-13)6-7-18/h2-5,11,14-15H,6-10,18H2,1H3. The number of imide groups is 1. The lowest BCUT2D eigenvalue weighted by atomic mass is 10.00. The van der Waals surface area contributed by atoms with Gasteiger partial charge in [0.25, 0.3) is 0 Å². The van der Waals surface area contributed by atoms with Crippen LogP contribution in [0.1, 0.15) is 30.9 Å². The molecule has 1 aliphatic heterocycles. The lowest BCUT2D eigenvalue weighted by Crippen LogP contribution is -2.31. The molecule has 1 aromatic carbocycles. The van der Waals surface area contributed by atoms with Crippen molar-refractivity contribution in [2.45, 2.75) is 32.7 Å². The second kappa shape index (κ2) is 5.60. The highest BCUT2D eigenvalue weighted by Gasteiger charge is 2.51. The number of nitrogens with two attached hydrogens (primary N) is 1. The lowest BCUT2D eigenvalue weighted by molar-refractivity contribution is -0.141. The Hall–Kier alpha value is -1.68. The van der Waals surface area contributed by atoms with Gasteiger partial charge in [-0.2, -0.15) is 0 Å². The van der Waals surface area contributed by atoms with Crippen LogP contribution in [0.3, 0.4) is 0 Å². The van der Waals surface area contributed by atoms with Crippen LogP contribution in [0.15, 0.2) is 24.3 Å². The molecule has 0 spiro atoms. The number of rotatable bonds is 4. The first-order valence-electron chi connectivity index (χ1n) is 7.73. The van der Waals surface area contributed by atoms with Crippen LogP contribution in [0.5, 0.6) is 0 Å². The molecular formula is C17H22N2O2. The number of benzene rings is 1. The summed E-state index contributed by atoms with van der Waals surface area (Å²) in [5.74, 6) is 0.416. The molecule has 1 aromatic rings. The predicted octanol–water partition coefficient (Wildman–Crippen LogP) is 1.72. The molecule has 0 radical (unpaired) electrons. The minimum Gasteiger partial charge on any atom is -0.330 e. The molecule has 0 aromatic heterocycles. The Morgan fingerprint density at radius 3 is 2.10 bits per heavy atom. The molecular weight excluding hydrogens is 264 g/mol. The van der Waals surface area contributed by atoms with Gasteiger partial charge in [-0.05, 0) is 42.9 Å². The largest absolute Gasteiger partial charge is 0.330 e. The summed E-state index contributed by atoms with van der Waals surface area (Å²) < 4.78 is 0. The molecule has 4 nitrogen and oxygen atoms in total. The van der Waals surface area contributed by atoms with E-state index in [0.717, 1.165) is 24.8 Å². The second-order valence-corrected chi connectivity index (χ2v) is 6.41. The third-order valence-corrected chi connectivity index (χ3v) is 4.76. The van der Waals surface area contributed by atoms with Crippen LogP contribution in [-0.2, 0) is 22.6 Å². The van der Waals surface area contributed by atoms with E-state index in [-0.39, 0.29) is 23.7 Å². The average Bonchev–Trinajstić information content (AvgIpc) is 2.95. The maximum atomic E-state index is 12.4. The number of hydrogen-bond donors (Lipinski definition) is 1. The van der Waals surface area contributed by atoms with Crippen molar-refractivity contribution in [3.05, 3.63) is 35.4 Å². The number of likely N-dealkylation sites (tertiary alicyclic amines) is 1. The Bertz CT molecular complexity index is 528. The van der Waals surface area contributed by atoms with E-state index >= 15 is 0 Å². The first-order chi connectivity index (χ1) is 10.1. The van der Waals surface area contributed by atoms with Crippen LogP contribution in [0.2, 0.25) is 0 Å². The fourth-order valence-corrected chi connectivity index (χ4v) is 3.66. The van der Waals surface area contributed by atoms with Gasteiger partial charge in [-0.15, -0.1) is 0 Å². The zero-order chi connectivity index (χ0) is 15.0. The zero-order valence-electron chi connectivity index (χ0n) is 12.4. The van der Waals surface area contributed by atoms with Crippen molar-refractivity contribution in [1.82, 2.24) is 4.90 Å². The van der Waals surface area contributed by atoms with Crippen LogP contribution in [0.4, 0.5) is 0 Å². The van der Waals surface area contributed by atoms with Gasteiger partial charge in [-0.25, -0.2) is 0 Å². The number of fused-ring (bicyclic) bond motifs is 1. The van der Waals surface area contributed by atoms with Crippen molar-refractivity contribution in [3.63, 3.8) is 0 Å². The molecule has 2 aliphatic rings. The second-order valence-electron chi connectivity index (χ2n) is 6.41. The van der Waals surface area contributed by atoms with E-state index in [1.165, 1.54) is 10.5 Å². The third kappa shape index (κ3) is 2.60. The number of amides is 2. The molecule has 1 saturated heterocycles. The van der Waals surface area contributed by atoms with E-state index in [1.54, 1.807) is 0 Å². The Morgan fingerprint density at radius 1 is 1.05 bits per heavy atom. The first-order valence-corrected chi connectivity index (χ1v) is 7.73. The van der Waals surface area contributed by atoms with E-state index in [1.807, 2.05) is 24.3 Å². The highest BCUT2D eigenvalue weighted by Crippen LogP contribution is 2.43. The summed E-state index contributed by atoms with van der Waals surface area (Å²) >= 11 is 0. The van der Waals surface area contributed by atoms with Gasteiger partial charge in [0.2, 0.25) is 11.8 Å². The van der Waals surface area contributed by atoms with E-state index in [4.69, 9.17) is 5.73 Å². The Balaban J connectivity index is 1.71. The molecule has 2 unspecified atom stereocenters. The molecule has 2 N–H and O–H groups in total. The summed E-state index contributed by atoms with van der Waals surface area (Å²) in [6.07, 6.45) is 2.58. The maximum absolute atomic E-state index is 12.4. The van der Waals surface area contributed by atoms with Gasteiger partial charge in [0.05, 0.1) is 18.4 Å². The van der Waals surface area contributed by atoms with Crippen molar-refractivity contribution in [2.75, 3.05) is 6.54 Å². The van der Waals surface area contributed by atoms with Gasteiger partial charge in [-0.3, -0.25) is 14.5 Å². The number of nitrogens with zero attached hydrogens (tertiary/aromatic N) is 1. The molecule has 4 heteroatoms. The fourth-order valence-electron chi connectivity index (χ4n) is 3.66. The minimum atomic E-state index is -0.0657. The summed E-state index contributed by atoms with van der Waals surface area (Å²) in [7, 11) is 0. The molecule has 21 heavy (non-hydrogen) atoms. The van der Waals surface area contributed by atoms with Gasteiger partial charge in [0.15, 0.2) is 0 Å². The molecule has 1 aliphatic carbocycles. The smallest absolute Gasteiger partial charge is 0.233 e. The van der Waals surface area contributed by atoms with Gasteiger partial charge in [0, 0.05) is 0 Å². The summed E-state index contributed by atoms with van der Waals surface area (Å²) in [6, 6.07) is 8.02. The summed E-state index contributed by atoms with van der Waals surface area (Å²) in [6.45, 7) is 3.16. The number of carbonyl (C=O) groups is 2. The molecule has 1 heterocycles. The summed E-state index contributed by atoms with van der Waals surface area (Å²) in [4.78, 5) is 26.3. The van der Waals surface area contributed by atoms with Crippen LogP contribution in [-0.4, -0.2) is 23.3 Å². The molecule has 1 saturated carbocycles. The minimum absolute atomic E-state index is 0.0281. The molecule has 112 valence electrons. The van der Waals surface area contributed by atoms with Crippen molar-refractivity contribution >= 4 is 11.8 Å². The molecule has 2 amide bonds. The average molecular weight is 286 g/mol. The SMILES string of the molecule is CC1CC2C(=O)N(Cc3ccc(CCN)cc3)C(=O)C2C1. The van der Waals surface area contributed by atoms with Crippen molar-refractivity contribution < 1.29 is 9.59 Å². The quantitative estimate of drug-likeness (QED) is 0.857. The third-order valence-electron chi connectivity index (χ3n) is 4.76. The van der Waals surface area contributed by atoms with Crippen LogP contribution in [0, 0.1) is 17.8 Å². The Morgan fingerprint density at radius 2 is 1.57 bits per heavy atom. The summed E-state index contributed by atoms with van der Waals surface area (Å²) in [5, 5.41) is 0. The monoisotopic (exact) mass is 286 g/mol. The highest BCUT2D eigenvalue weighted by atomic mass is 16.2. The molecule has 0 bridgehead atoms. The Kier molecular flexibility index (Phi) is 3.81. The predicted molar refractivity (Wildman–Crippen MR) is 80.1 cm³/mol.